The van der Waals surface area contributed by atoms with Gasteiger partial charge >= 0.3 is 0 Å². The summed E-state index contributed by atoms with van der Waals surface area (Å²) in [5.74, 6) is -4.44. The fourth-order valence-corrected chi connectivity index (χ4v) is 1.71. The lowest BCUT2D eigenvalue weighted by Gasteiger charge is -2.05. The minimum atomic E-state index is -1.63. The molecule has 1 N–H and O–H groups in total. The third kappa shape index (κ3) is 3.66. The van der Waals surface area contributed by atoms with Gasteiger partial charge in [0.2, 0.25) is 5.91 Å². The summed E-state index contributed by atoms with van der Waals surface area (Å²) in [6.45, 7) is 0. The average molecular weight is 307 g/mol. The Morgan fingerprint density at radius 3 is 2.64 bits per heavy atom. The molecule has 22 heavy (non-hydrogen) atoms. The van der Waals surface area contributed by atoms with Gasteiger partial charge in [-0.25, -0.2) is 13.2 Å². The van der Waals surface area contributed by atoms with Crippen molar-refractivity contribution in [2.24, 2.45) is 0 Å². The van der Waals surface area contributed by atoms with Crippen LogP contribution in [0.3, 0.4) is 0 Å². The highest BCUT2D eigenvalue weighted by Crippen LogP contribution is 2.19. The van der Waals surface area contributed by atoms with E-state index < -0.39 is 29.0 Å². The van der Waals surface area contributed by atoms with Gasteiger partial charge in [-0.1, -0.05) is 12.1 Å². The van der Waals surface area contributed by atoms with Crippen molar-refractivity contribution in [3.05, 3.63) is 65.5 Å². The minimum Gasteiger partial charge on any atom is -0.497 e. The van der Waals surface area contributed by atoms with E-state index in [0.29, 0.717) is 11.3 Å². The molecule has 0 saturated carbocycles. The first-order valence-electron chi connectivity index (χ1n) is 6.28. The highest BCUT2D eigenvalue weighted by Gasteiger charge is 2.14. The molecule has 0 saturated heterocycles. The Kier molecular flexibility index (Phi) is 4.83. The summed E-state index contributed by atoms with van der Waals surface area (Å²) in [4.78, 5) is 11.7. The number of hydrogen-bond acceptors (Lipinski definition) is 2. The number of halogens is 3. The molecule has 0 fully saturated rings. The zero-order valence-corrected chi connectivity index (χ0v) is 11.6. The van der Waals surface area contributed by atoms with Gasteiger partial charge in [-0.15, -0.1) is 0 Å². The maximum Gasteiger partial charge on any atom is 0.248 e. The molecule has 0 aliphatic carbocycles. The lowest BCUT2D eigenvalue weighted by atomic mass is 10.2. The van der Waals surface area contributed by atoms with Gasteiger partial charge in [0.25, 0.3) is 0 Å². The summed E-state index contributed by atoms with van der Waals surface area (Å²) in [5.41, 5.74) is 0.263. The number of rotatable bonds is 4. The van der Waals surface area contributed by atoms with Crippen LogP contribution in [0.25, 0.3) is 6.08 Å². The lowest BCUT2D eigenvalue weighted by Crippen LogP contribution is -2.10. The van der Waals surface area contributed by atoms with Gasteiger partial charge in [-0.05, 0) is 35.9 Å². The van der Waals surface area contributed by atoms with Gasteiger partial charge in [0.05, 0.1) is 12.8 Å². The average Bonchev–Trinajstić information content (AvgIpc) is 2.54. The Hall–Kier alpha value is -2.76. The SMILES string of the molecule is COc1cccc(/C=C/C(=O)Nc2ccc(F)c(F)c2F)c1. The number of carbonyl (C=O) groups excluding carboxylic acids is 1. The predicted molar refractivity (Wildman–Crippen MR) is 77.0 cm³/mol. The van der Waals surface area contributed by atoms with E-state index in [1.165, 1.54) is 13.2 Å². The predicted octanol–water partition coefficient (Wildman–Crippen LogP) is 3.76. The van der Waals surface area contributed by atoms with Gasteiger partial charge < -0.3 is 10.1 Å². The van der Waals surface area contributed by atoms with Gasteiger partial charge in [-0.2, -0.15) is 0 Å². The number of methoxy groups -OCH3 is 1. The third-order valence-electron chi connectivity index (χ3n) is 2.81. The number of amides is 1. The van der Waals surface area contributed by atoms with E-state index in [2.05, 4.69) is 5.32 Å². The molecule has 114 valence electrons. The second-order valence-corrected chi connectivity index (χ2v) is 4.32. The summed E-state index contributed by atoms with van der Waals surface area (Å²) in [6, 6.07) is 8.61. The highest BCUT2D eigenvalue weighted by atomic mass is 19.2. The maximum atomic E-state index is 13.4. The fourth-order valence-electron chi connectivity index (χ4n) is 1.71. The van der Waals surface area contributed by atoms with E-state index in [1.54, 1.807) is 24.3 Å². The normalized spacial score (nSPS) is 10.7. The Labute approximate surface area is 125 Å². The first kappa shape index (κ1) is 15.6. The third-order valence-corrected chi connectivity index (χ3v) is 2.81. The summed E-state index contributed by atoms with van der Waals surface area (Å²) in [6.07, 6.45) is 2.63. The van der Waals surface area contributed by atoms with E-state index >= 15 is 0 Å². The number of nitrogens with one attached hydrogen (secondary N) is 1. The van der Waals surface area contributed by atoms with Crippen molar-refractivity contribution in [2.75, 3.05) is 12.4 Å². The van der Waals surface area contributed by atoms with Crippen molar-refractivity contribution < 1.29 is 22.7 Å². The van der Waals surface area contributed by atoms with Gasteiger partial charge in [0.1, 0.15) is 5.75 Å². The van der Waals surface area contributed by atoms with Crippen LogP contribution in [0.4, 0.5) is 18.9 Å². The molecule has 2 aromatic rings. The minimum absolute atomic E-state index is 0.431. The van der Waals surface area contributed by atoms with E-state index in [9.17, 15) is 18.0 Å². The molecule has 0 aliphatic rings. The van der Waals surface area contributed by atoms with Crippen LogP contribution in [0, 0.1) is 17.5 Å². The van der Waals surface area contributed by atoms with Crippen LogP contribution in [0.2, 0.25) is 0 Å². The van der Waals surface area contributed by atoms with E-state index in [4.69, 9.17) is 4.74 Å². The van der Waals surface area contributed by atoms with Crippen LogP contribution >= 0.6 is 0 Å². The standard InChI is InChI=1S/C16H12F3NO2/c1-22-11-4-2-3-10(9-11)5-8-14(21)20-13-7-6-12(17)15(18)16(13)19/h2-9H,1H3,(H,20,21)/b8-5+. The largest absolute Gasteiger partial charge is 0.497 e. The number of benzene rings is 2. The van der Waals surface area contributed by atoms with Crippen molar-refractivity contribution in [3.8, 4) is 5.75 Å². The molecule has 2 aromatic carbocycles. The second-order valence-electron chi connectivity index (χ2n) is 4.32. The number of anilines is 1. The first-order valence-corrected chi connectivity index (χ1v) is 6.28. The molecule has 0 heterocycles. The van der Waals surface area contributed by atoms with Crippen LogP contribution in [0.1, 0.15) is 5.56 Å². The van der Waals surface area contributed by atoms with Crippen molar-refractivity contribution in [1.29, 1.82) is 0 Å². The molecule has 0 bridgehead atoms. The molecular formula is C16H12F3NO2. The summed E-state index contributed by atoms with van der Waals surface area (Å²) in [7, 11) is 1.52. The number of ether oxygens (including phenoxy) is 1. The van der Waals surface area contributed by atoms with Crippen LogP contribution < -0.4 is 10.1 Å². The Bertz CT molecular complexity index is 729. The van der Waals surface area contributed by atoms with Gasteiger partial charge in [-0.3, -0.25) is 4.79 Å². The Morgan fingerprint density at radius 2 is 1.91 bits per heavy atom. The highest BCUT2D eigenvalue weighted by molar-refractivity contribution is 6.02. The monoisotopic (exact) mass is 307 g/mol. The zero-order valence-electron chi connectivity index (χ0n) is 11.6. The molecule has 0 radical (unpaired) electrons. The Balaban J connectivity index is 2.10. The van der Waals surface area contributed by atoms with Crippen molar-refractivity contribution >= 4 is 17.7 Å². The Morgan fingerprint density at radius 1 is 1.14 bits per heavy atom. The lowest BCUT2D eigenvalue weighted by molar-refractivity contribution is -0.111. The molecule has 0 unspecified atom stereocenters. The quantitative estimate of drug-likeness (QED) is 0.690. The summed E-state index contributed by atoms with van der Waals surface area (Å²) >= 11 is 0. The molecule has 3 nitrogen and oxygen atoms in total. The fraction of sp³-hybridized carbons (Fsp3) is 0.0625. The van der Waals surface area contributed by atoms with E-state index in [1.807, 2.05) is 0 Å². The molecule has 1 amide bonds. The van der Waals surface area contributed by atoms with E-state index in [-0.39, 0.29) is 0 Å². The topological polar surface area (TPSA) is 38.3 Å². The number of hydrogen-bond donors (Lipinski definition) is 1. The van der Waals surface area contributed by atoms with Crippen molar-refractivity contribution in [3.63, 3.8) is 0 Å². The zero-order chi connectivity index (χ0) is 16.1. The van der Waals surface area contributed by atoms with Gasteiger partial charge in [0.15, 0.2) is 17.5 Å². The number of carbonyl (C=O) groups is 1. The molecule has 2 rings (SSSR count). The van der Waals surface area contributed by atoms with Crippen LogP contribution in [-0.4, -0.2) is 13.0 Å². The summed E-state index contributed by atoms with van der Waals surface area (Å²) < 4.78 is 44.3. The van der Waals surface area contributed by atoms with Crippen LogP contribution in [0.5, 0.6) is 5.75 Å². The molecule has 0 atom stereocenters. The van der Waals surface area contributed by atoms with Crippen LogP contribution in [-0.2, 0) is 4.79 Å². The second kappa shape index (κ2) is 6.80. The molecular weight excluding hydrogens is 295 g/mol. The van der Waals surface area contributed by atoms with Crippen molar-refractivity contribution in [2.45, 2.75) is 0 Å². The van der Waals surface area contributed by atoms with Crippen LogP contribution in [0.15, 0.2) is 42.5 Å². The molecule has 6 heteroatoms. The first-order chi connectivity index (χ1) is 10.5. The van der Waals surface area contributed by atoms with Gasteiger partial charge in [0, 0.05) is 6.08 Å². The molecule has 0 aliphatic heterocycles. The van der Waals surface area contributed by atoms with Crippen molar-refractivity contribution in [1.82, 2.24) is 0 Å². The molecule has 0 aromatic heterocycles. The maximum absolute atomic E-state index is 13.4. The smallest absolute Gasteiger partial charge is 0.248 e. The van der Waals surface area contributed by atoms with E-state index in [0.717, 1.165) is 18.2 Å². The summed E-state index contributed by atoms with van der Waals surface area (Å²) in [5, 5.41) is 2.14. The molecule has 0 spiro atoms.